The molecule has 0 aliphatic carbocycles. The molecule has 2 aromatic carbocycles. The molecule has 0 saturated heterocycles. The Hall–Kier alpha value is -3.09. The summed E-state index contributed by atoms with van der Waals surface area (Å²) in [5.41, 5.74) is 2.93. The van der Waals surface area contributed by atoms with E-state index in [0.717, 1.165) is 28.3 Å². The Balaban J connectivity index is 1.77. The number of hydrogen-bond donors (Lipinski definition) is 2. The third kappa shape index (κ3) is 4.06. The molecule has 0 bridgehead atoms. The van der Waals surface area contributed by atoms with Crippen LogP contribution in [0.15, 0.2) is 42.5 Å². The molecular formula is C18H21N5O2. The van der Waals surface area contributed by atoms with Crippen LogP contribution in [0.1, 0.15) is 19.4 Å². The first-order chi connectivity index (χ1) is 12.3. The standard InChI is InChI=1S/C18H21N5O2/c1-3-24-16-10-9-13(11-17(16)25-4-2)12-19-15-8-6-5-7-14(15)18-20-22-23-21-18/h5-11,19H,3-4,12H2,1-2H3,(H,20,21,22,23). The Labute approximate surface area is 146 Å². The Kier molecular flexibility index (Phi) is 5.46. The van der Waals surface area contributed by atoms with Crippen molar-refractivity contribution in [2.45, 2.75) is 20.4 Å². The summed E-state index contributed by atoms with van der Waals surface area (Å²) in [5.74, 6) is 2.08. The summed E-state index contributed by atoms with van der Waals surface area (Å²) in [6, 6.07) is 13.8. The number of rotatable bonds is 8. The lowest BCUT2D eigenvalue weighted by Gasteiger charge is -2.14. The minimum atomic E-state index is 0.560. The summed E-state index contributed by atoms with van der Waals surface area (Å²) in [6.45, 7) is 5.76. The number of tetrazole rings is 1. The van der Waals surface area contributed by atoms with E-state index in [1.54, 1.807) is 0 Å². The highest BCUT2D eigenvalue weighted by molar-refractivity contribution is 5.72. The van der Waals surface area contributed by atoms with Crippen molar-refractivity contribution in [3.8, 4) is 22.9 Å². The van der Waals surface area contributed by atoms with E-state index in [4.69, 9.17) is 9.47 Å². The first-order valence-corrected chi connectivity index (χ1v) is 8.27. The van der Waals surface area contributed by atoms with Gasteiger partial charge in [0.05, 0.1) is 13.2 Å². The minimum absolute atomic E-state index is 0.560. The van der Waals surface area contributed by atoms with E-state index in [2.05, 4.69) is 25.9 Å². The van der Waals surface area contributed by atoms with Gasteiger partial charge >= 0.3 is 0 Å². The first kappa shape index (κ1) is 16.8. The van der Waals surface area contributed by atoms with Crippen molar-refractivity contribution < 1.29 is 9.47 Å². The summed E-state index contributed by atoms with van der Waals surface area (Å²) >= 11 is 0. The van der Waals surface area contributed by atoms with Crippen molar-refractivity contribution in [2.75, 3.05) is 18.5 Å². The van der Waals surface area contributed by atoms with Crippen molar-refractivity contribution >= 4 is 5.69 Å². The van der Waals surface area contributed by atoms with E-state index in [-0.39, 0.29) is 0 Å². The summed E-state index contributed by atoms with van der Waals surface area (Å²) in [4.78, 5) is 0. The average Bonchev–Trinajstić information content (AvgIpc) is 3.17. The Bertz CT molecular complexity index is 805. The first-order valence-electron chi connectivity index (χ1n) is 8.27. The molecule has 130 valence electrons. The highest BCUT2D eigenvalue weighted by Crippen LogP contribution is 2.29. The second-order valence-electron chi connectivity index (χ2n) is 5.28. The van der Waals surface area contributed by atoms with Gasteiger partial charge in [-0.3, -0.25) is 0 Å². The summed E-state index contributed by atoms with van der Waals surface area (Å²) in [7, 11) is 0. The number of benzene rings is 2. The number of aromatic nitrogens is 4. The smallest absolute Gasteiger partial charge is 0.206 e. The van der Waals surface area contributed by atoms with E-state index >= 15 is 0 Å². The van der Waals surface area contributed by atoms with Gasteiger partial charge in [0.15, 0.2) is 11.5 Å². The molecule has 0 unspecified atom stereocenters. The summed E-state index contributed by atoms with van der Waals surface area (Å²) in [6.07, 6.45) is 0. The maximum Gasteiger partial charge on any atom is 0.206 e. The van der Waals surface area contributed by atoms with E-state index in [1.165, 1.54) is 0 Å². The number of ether oxygens (including phenoxy) is 2. The fourth-order valence-electron chi connectivity index (χ4n) is 2.51. The van der Waals surface area contributed by atoms with E-state index in [0.29, 0.717) is 25.6 Å². The number of para-hydroxylation sites is 1. The molecule has 7 heteroatoms. The molecule has 0 saturated carbocycles. The van der Waals surface area contributed by atoms with Gasteiger partial charge in [-0.25, -0.2) is 0 Å². The van der Waals surface area contributed by atoms with Gasteiger partial charge < -0.3 is 14.8 Å². The quantitative estimate of drug-likeness (QED) is 0.655. The van der Waals surface area contributed by atoms with E-state index < -0.39 is 0 Å². The van der Waals surface area contributed by atoms with Gasteiger partial charge in [0.1, 0.15) is 0 Å². The molecule has 0 spiro atoms. The van der Waals surface area contributed by atoms with Gasteiger partial charge in [0.25, 0.3) is 0 Å². The lowest BCUT2D eigenvalue weighted by Crippen LogP contribution is -2.03. The maximum absolute atomic E-state index is 5.68. The third-order valence-electron chi connectivity index (χ3n) is 3.60. The molecule has 7 nitrogen and oxygen atoms in total. The number of nitrogens with one attached hydrogen (secondary N) is 2. The molecule has 0 aliphatic heterocycles. The average molecular weight is 339 g/mol. The fourth-order valence-corrected chi connectivity index (χ4v) is 2.51. The molecule has 0 amide bonds. The summed E-state index contributed by atoms with van der Waals surface area (Å²) < 4.78 is 11.3. The second-order valence-corrected chi connectivity index (χ2v) is 5.28. The van der Waals surface area contributed by atoms with Crippen LogP contribution in [0.3, 0.4) is 0 Å². The topological polar surface area (TPSA) is 85.0 Å². The number of hydrogen-bond acceptors (Lipinski definition) is 6. The van der Waals surface area contributed by atoms with Crippen molar-refractivity contribution in [1.29, 1.82) is 0 Å². The van der Waals surface area contributed by atoms with Gasteiger partial charge in [-0.2, -0.15) is 5.21 Å². The number of H-pyrrole nitrogens is 1. The molecule has 1 heterocycles. The predicted octanol–water partition coefficient (Wildman–Crippen LogP) is 3.28. The SMILES string of the molecule is CCOc1ccc(CNc2ccccc2-c2nn[nH]n2)cc1OCC. The van der Waals surface area contributed by atoms with E-state index in [1.807, 2.05) is 56.3 Å². The number of aromatic amines is 1. The zero-order chi connectivity index (χ0) is 17.5. The Morgan fingerprint density at radius 1 is 1.00 bits per heavy atom. The highest BCUT2D eigenvalue weighted by Gasteiger charge is 2.10. The van der Waals surface area contributed by atoms with Gasteiger partial charge in [-0.15, -0.1) is 10.2 Å². The van der Waals surface area contributed by atoms with Crippen molar-refractivity contribution in [1.82, 2.24) is 20.6 Å². The van der Waals surface area contributed by atoms with Crippen LogP contribution in [-0.2, 0) is 6.54 Å². The third-order valence-corrected chi connectivity index (χ3v) is 3.60. The second kappa shape index (κ2) is 8.14. The lowest BCUT2D eigenvalue weighted by molar-refractivity contribution is 0.287. The molecule has 0 aliphatic rings. The fraction of sp³-hybridized carbons (Fsp3) is 0.278. The number of anilines is 1. The largest absolute Gasteiger partial charge is 0.490 e. The monoisotopic (exact) mass is 339 g/mol. The molecule has 3 rings (SSSR count). The predicted molar refractivity (Wildman–Crippen MR) is 95.7 cm³/mol. The van der Waals surface area contributed by atoms with Gasteiger partial charge in [0, 0.05) is 17.8 Å². The highest BCUT2D eigenvalue weighted by atomic mass is 16.5. The van der Waals surface area contributed by atoms with Gasteiger partial charge in [-0.05, 0) is 48.9 Å². The molecule has 3 aromatic rings. The lowest BCUT2D eigenvalue weighted by atomic mass is 10.1. The molecule has 0 fully saturated rings. The van der Waals surface area contributed by atoms with Crippen molar-refractivity contribution in [3.05, 3.63) is 48.0 Å². The normalized spacial score (nSPS) is 10.5. The zero-order valence-corrected chi connectivity index (χ0v) is 14.3. The van der Waals surface area contributed by atoms with Crippen LogP contribution >= 0.6 is 0 Å². The van der Waals surface area contributed by atoms with Crippen molar-refractivity contribution in [3.63, 3.8) is 0 Å². The van der Waals surface area contributed by atoms with Crippen LogP contribution in [-0.4, -0.2) is 33.8 Å². The van der Waals surface area contributed by atoms with Crippen LogP contribution in [0.2, 0.25) is 0 Å². The van der Waals surface area contributed by atoms with Crippen LogP contribution in [0.4, 0.5) is 5.69 Å². The van der Waals surface area contributed by atoms with Gasteiger partial charge in [-0.1, -0.05) is 18.2 Å². The van der Waals surface area contributed by atoms with Crippen LogP contribution < -0.4 is 14.8 Å². The maximum atomic E-state index is 5.68. The van der Waals surface area contributed by atoms with E-state index in [9.17, 15) is 0 Å². The molecular weight excluding hydrogens is 318 g/mol. The van der Waals surface area contributed by atoms with Crippen LogP contribution in [0.5, 0.6) is 11.5 Å². The Morgan fingerprint density at radius 3 is 2.56 bits per heavy atom. The number of nitrogens with zero attached hydrogens (tertiary/aromatic N) is 3. The Morgan fingerprint density at radius 2 is 1.80 bits per heavy atom. The van der Waals surface area contributed by atoms with Gasteiger partial charge in [0.2, 0.25) is 5.82 Å². The molecule has 25 heavy (non-hydrogen) atoms. The molecule has 0 atom stereocenters. The van der Waals surface area contributed by atoms with Crippen LogP contribution in [0, 0.1) is 0 Å². The molecule has 0 radical (unpaired) electrons. The summed E-state index contributed by atoms with van der Waals surface area (Å²) in [5, 5.41) is 17.6. The zero-order valence-electron chi connectivity index (χ0n) is 14.3. The van der Waals surface area contributed by atoms with Crippen LogP contribution in [0.25, 0.3) is 11.4 Å². The minimum Gasteiger partial charge on any atom is -0.490 e. The molecule has 1 aromatic heterocycles. The van der Waals surface area contributed by atoms with Crippen molar-refractivity contribution in [2.24, 2.45) is 0 Å². The molecule has 2 N–H and O–H groups in total.